The van der Waals surface area contributed by atoms with E-state index in [1.54, 1.807) is 0 Å². The Bertz CT molecular complexity index is 899. The lowest BCUT2D eigenvalue weighted by Gasteiger charge is -2.25. The summed E-state index contributed by atoms with van der Waals surface area (Å²) in [6.45, 7) is 0.735. The van der Waals surface area contributed by atoms with Crippen molar-refractivity contribution < 1.29 is 9.18 Å². The third-order valence-corrected chi connectivity index (χ3v) is 4.92. The van der Waals surface area contributed by atoms with Gasteiger partial charge in [0.05, 0.1) is 17.3 Å². The van der Waals surface area contributed by atoms with E-state index in [-0.39, 0.29) is 17.6 Å². The first-order valence-electron chi connectivity index (χ1n) is 7.59. The highest BCUT2D eigenvalue weighted by Crippen LogP contribution is 2.32. The number of carbonyl (C=O) groups excluding carboxylic acids is 1. The number of fused-ring (bicyclic) bond motifs is 1. The summed E-state index contributed by atoms with van der Waals surface area (Å²) in [7, 11) is 0. The Labute approximate surface area is 141 Å². The summed E-state index contributed by atoms with van der Waals surface area (Å²) in [5.41, 5.74) is 0.144. The molecule has 4 heterocycles. The van der Waals surface area contributed by atoms with Crippen LogP contribution in [0.15, 0.2) is 36.2 Å². The van der Waals surface area contributed by atoms with Crippen molar-refractivity contribution in [2.45, 2.75) is 18.9 Å². The fourth-order valence-electron chi connectivity index (χ4n) is 2.99. The standard InChI is InChI=1S/C16H14FN5OS/c17-11-8-18-5-3-12(11)21-15(23)13-2-1-6-22(13)14-10-4-7-24-16(10)20-9-19-14/h3-5,7-9,13H,1-2,6H2,(H,18,21,23). The van der Waals surface area contributed by atoms with Gasteiger partial charge in [-0.25, -0.2) is 14.4 Å². The molecule has 24 heavy (non-hydrogen) atoms. The average Bonchev–Trinajstić information content (AvgIpc) is 3.25. The summed E-state index contributed by atoms with van der Waals surface area (Å²) in [6.07, 6.45) is 5.64. The predicted molar refractivity (Wildman–Crippen MR) is 90.6 cm³/mol. The van der Waals surface area contributed by atoms with E-state index < -0.39 is 5.82 Å². The number of thiophene rings is 1. The van der Waals surface area contributed by atoms with Gasteiger partial charge in [0.25, 0.3) is 0 Å². The van der Waals surface area contributed by atoms with Crippen molar-refractivity contribution in [3.8, 4) is 0 Å². The van der Waals surface area contributed by atoms with Gasteiger partial charge in [0.15, 0.2) is 5.82 Å². The summed E-state index contributed by atoms with van der Waals surface area (Å²) in [6, 6.07) is 3.04. The molecule has 1 atom stereocenters. The van der Waals surface area contributed by atoms with Crippen LogP contribution in [0.3, 0.4) is 0 Å². The molecule has 1 aliphatic rings. The number of anilines is 2. The Kier molecular flexibility index (Phi) is 3.81. The van der Waals surface area contributed by atoms with Gasteiger partial charge in [-0.05, 0) is 30.4 Å². The van der Waals surface area contributed by atoms with Crippen LogP contribution in [0.4, 0.5) is 15.9 Å². The molecule has 0 saturated carbocycles. The maximum atomic E-state index is 13.7. The molecule has 1 fully saturated rings. The molecular weight excluding hydrogens is 329 g/mol. The molecule has 4 rings (SSSR count). The molecule has 0 spiro atoms. The van der Waals surface area contributed by atoms with Gasteiger partial charge in [0.2, 0.25) is 5.91 Å². The van der Waals surface area contributed by atoms with E-state index in [0.29, 0.717) is 6.42 Å². The van der Waals surface area contributed by atoms with E-state index in [2.05, 4.69) is 20.3 Å². The first kappa shape index (κ1) is 14.9. The fraction of sp³-hybridized carbons (Fsp3) is 0.250. The van der Waals surface area contributed by atoms with Crippen molar-refractivity contribution in [3.05, 3.63) is 42.1 Å². The van der Waals surface area contributed by atoms with Gasteiger partial charge in [0, 0.05) is 12.7 Å². The number of aromatic nitrogens is 3. The lowest BCUT2D eigenvalue weighted by atomic mass is 10.2. The van der Waals surface area contributed by atoms with Crippen molar-refractivity contribution in [1.29, 1.82) is 0 Å². The Hall–Kier alpha value is -2.61. The minimum atomic E-state index is -0.544. The zero-order valence-electron chi connectivity index (χ0n) is 12.6. The number of rotatable bonds is 3. The molecule has 1 unspecified atom stereocenters. The lowest BCUT2D eigenvalue weighted by molar-refractivity contribution is -0.117. The van der Waals surface area contributed by atoms with Crippen LogP contribution in [-0.2, 0) is 4.79 Å². The van der Waals surface area contributed by atoms with Gasteiger partial charge >= 0.3 is 0 Å². The third-order valence-electron chi connectivity index (χ3n) is 4.10. The van der Waals surface area contributed by atoms with E-state index in [1.165, 1.54) is 29.9 Å². The van der Waals surface area contributed by atoms with Crippen molar-refractivity contribution in [1.82, 2.24) is 15.0 Å². The Morgan fingerprint density at radius 1 is 1.38 bits per heavy atom. The number of carbonyl (C=O) groups is 1. The van der Waals surface area contributed by atoms with Crippen molar-refractivity contribution >= 4 is 39.0 Å². The van der Waals surface area contributed by atoms with Gasteiger partial charge in [-0.3, -0.25) is 9.78 Å². The maximum Gasteiger partial charge on any atom is 0.247 e. The van der Waals surface area contributed by atoms with Crippen molar-refractivity contribution in [2.75, 3.05) is 16.8 Å². The molecule has 1 amide bonds. The third kappa shape index (κ3) is 2.58. The van der Waals surface area contributed by atoms with E-state index in [4.69, 9.17) is 0 Å². The molecule has 0 bridgehead atoms. The van der Waals surface area contributed by atoms with E-state index >= 15 is 0 Å². The smallest absolute Gasteiger partial charge is 0.247 e. The van der Waals surface area contributed by atoms with Gasteiger partial charge in [-0.15, -0.1) is 11.3 Å². The molecule has 6 nitrogen and oxygen atoms in total. The van der Waals surface area contributed by atoms with Crippen LogP contribution in [-0.4, -0.2) is 33.4 Å². The predicted octanol–water partition coefficient (Wildman–Crippen LogP) is 2.83. The van der Waals surface area contributed by atoms with Crippen molar-refractivity contribution in [3.63, 3.8) is 0 Å². The molecule has 0 radical (unpaired) electrons. The Morgan fingerprint density at radius 3 is 3.17 bits per heavy atom. The molecule has 1 N–H and O–H groups in total. The summed E-state index contributed by atoms with van der Waals surface area (Å²) in [4.78, 5) is 27.8. The first-order valence-corrected chi connectivity index (χ1v) is 8.47. The fourth-order valence-corrected chi connectivity index (χ4v) is 3.72. The number of nitrogens with one attached hydrogen (secondary N) is 1. The van der Waals surface area contributed by atoms with E-state index in [1.807, 2.05) is 16.3 Å². The normalized spacial score (nSPS) is 17.4. The number of pyridine rings is 1. The van der Waals surface area contributed by atoms with E-state index in [9.17, 15) is 9.18 Å². The minimum absolute atomic E-state index is 0.144. The van der Waals surface area contributed by atoms with E-state index in [0.717, 1.165) is 35.2 Å². The number of hydrogen-bond donors (Lipinski definition) is 1. The van der Waals surface area contributed by atoms with Crippen LogP contribution in [0.1, 0.15) is 12.8 Å². The largest absolute Gasteiger partial charge is 0.344 e. The summed E-state index contributed by atoms with van der Waals surface area (Å²) >= 11 is 1.54. The highest BCUT2D eigenvalue weighted by atomic mass is 32.1. The van der Waals surface area contributed by atoms with Gasteiger partial charge in [-0.2, -0.15) is 0 Å². The monoisotopic (exact) mass is 343 g/mol. The minimum Gasteiger partial charge on any atom is -0.344 e. The van der Waals surface area contributed by atoms with Gasteiger partial charge < -0.3 is 10.2 Å². The molecule has 3 aromatic rings. The molecule has 0 aliphatic carbocycles. The Morgan fingerprint density at radius 2 is 2.29 bits per heavy atom. The van der Waals surface area contributed by atoms with Crippen LogP contribution in [0, 0.1) is 5.82 Å². The number of hydrogen-bond acceptors (Lipinski definition) is 6. The second kappa shape index (κ2) is 6.12. The second-order valence-corrected chi connectivity index (χ2v) is 6.43. The van der Waals surface area contributed by atoms with Crippen LogP contribution < -0.4 is 10.2 Å². The zero-order valence-corrected chi connectivity index (χ0v) is 13.5. The first-order chi connectivity index (χ1) is 11.7. The summed E-state index contributed by atoms with van der Waals surface area (Å²) < 4.78 is 13.7. The van der Waals surface area contributed by atoms with Crippen LogP contribution >= 0.6 is 11.3 Å². The van der Waals surface area contributed by atoms with Crippen LogP contribution in [0.5, 0.6) is 0 Å². The second-order valence-electron chi connectivity index (χ2n) is 5.53. The summed E-state index contributed by atoms with van der Waals surface area (Å²) in [5.74, 6) is -0.0219. The molecule has 0 aromatic carbocycles. The van der Waals surface area contributed by atoms with Crippen LogP contribution in [0.25, 0.3) is 10.2 Å². The molecular formula is C16H14FN5OS. The highest BCUT2D eigenvalue weighted by Gasteiger charge is 2.33. The molecule has 1 saturated heterocycles. The lowest BCUT2D eigenvalue weighted by Crippen LogP contribution is -2.40. The number of halogens is 1. The molecule has 3 aromatic heterocycles. The summed E-state index contributed by atoms with van der Waals surface area (Å²) in [5, 5.41) is 5.56. The van der Waals surface area contributed by atoms with Crippen LogP contribution in [0.2, 0.25) is 0 Å². The average molecular weight is 343 g/mol. The zero-order chi connectivity index (χ0) is 16.5. The SMILES string of the molecule is O=C(Nc1ccncc1F)C1CCCN1c1ncnc2sccc12. The topological polar surface area (TPSA) is 71.0 Å². The van der Waals surface area contributed by atoms with Crippen molar-refractivity contribution in [2.24, 2.45) is 0 Å². The molecule has 1 aliphatic heterocycles. The maximum absolute atomic E-state index is 13.7. The molecule has 122 valence electrons. The quantitative estimate of drug-likeness (QED) is 0.792. The highest BCUT2D eigenvalue weighted by molar-refractivity contribution is 7.16. The van der Waals surface area contributed by atoms with Gasteiger partial charge in [0.1, 0.15) is 23.0 Å². The van der Waals surface area contributed by atoms with Gasteiger partial charge in [-0.1, -0.05) is 0 Å². The Balaban J connectivity index is 1.62. The molecule has 8 heteroatoms. The number of amides is 1. The number of nitrogens with zero attached hydrogens (tertiary/aromatic N) is 4.